The molecule has 0 aromatic heterocycles. The zero-order valence-electron chi connectivity index (χ0n) is 13.5. The Labute approximate surface area is 144 Å². The minimum Gasteiger partial charge on any atom is -0.484 e. The van der Waals surface area contributed by atoms with E-state index >= 15 is 0 Å². The average Bonchev–Trinajstić information content (AvgIpc) is 2.93. The SMILES string of the molecule is O=C1NC(=O)N2CCN(C(=O)COc3ccc4ccccc4c3)CC12. The summed E-state index contributed by atoms with van der Waals surface area (Å²) in [5.41, 5.74) is 0. The third-order valence-corrected chi connectivity index (χ3v) is 4.61. The molecular formula is C18H17N3O4. The summed E-state index contributed by atoms with van der Waals surface area (Å²) in [5.74, 6) is 0.0809. The Hall–Kier alpha value is -3.09. The standard InChI is InChI=1S/C18H17N3O4/c22-16(20-7-8-21-15(10-20)17(23)19-18(21)24)11-25-14-6-5-12-3-1-2-4-13(12)9-14/h1-6,9,15H,7-8,10-11H2,(H,19,23,24). The summed E-state index contributed by atoms with van der Waals surface area (Å²) in [4.78, 5) is 38.7. The monoisotopic (exact) mass is 339 g/mol. The summed E-state index contributed by atoms with van der Waals surface area (Å²) in [5, 5.41) is 4.42. The third-order valence-electron chi connectivity index (χ3n) is 4.61. The largest absolute Gasteiger partial charge is 0.484 e. The molecule has 2 saturated heterocycles. The molecule has 0 radical (unpaired) electrons. The van der Waals surface area contributed by atoms with Gasteiger partial charge in [0.05, 0.1) is 6.54 Å². The third kappa shape index (κ3) is 2.88. The van der Waals surface area contributed by atoms with Gasteiger partial charge >= 0.3 is 6.03 Å². The summed E-state index contributed by atoms with van der Waals surface area (Å²) in [6.07, 6.45) is 0. The number of urea groups is 1. The van der Waals surface area contributed by atoms with E-state index in [0.717, 1.165) is 10.8 Å². The summed E-state index contributed by atoms with van der Waals surface area (Å²) in [7, 11) is 0. The number of hydrogen-bond acceptors (Lipinski definition) is 4. The molecule has 2 fully saturated rings. The lowest BCUT2D eigenvalue weighted by atomic mass is 10.1. The van der Waals surface area contributed by atoms with Gasteiger partial charge in [0.25, 0.3) is 11.8 Å². The van der Waals surface area contributed by atoms with E-state index in [-0.39, 0.29) is 31.0 Å². The van der Waals surface area contributed by atoms with E-state index in [1.54, 1.807) is 4.90 Å². The molecule has 1 unspecified atom stereocenters. The van der Waals surface area contributed by atoms with Crippen molar-refractivity contribution in [3.05, 3.63) is 42.5 Å². The first kappa shape index (κ1) is 15.4. The maximum absolute atomic E-state index is 12.4. The zero-order valence-corrected chi connectivity index (χ0v) is 13.5. The van der Waals surface area contributed by atoms with Crippen LogP contribution in [0.3, 0.4) is 0 Å². The second-order valence-corrected chi connectivity index (χ2v) is 6.14. The molecule has 2 aliphatic rings. The van der Waals surface area contributed by atoms with Crippen molar-refractivity contribution in [2.75, 3.05) is 26.2 Å². The van der Waals surface area contributed by atoms with Crippen LogP contribution in [0, 0.1) is 0 Å². The lowest BCUT2D eigenvalue weighted by Gasteiger charge is -2.35. The normalized spacial score (nSPS) is 19.8. The van der Waals surface area contributed by atoms with Gasteiger partial charge in [0.15, 0.2) is 6.61 Å². The Kier molecular flexibility index (Phi) is 3.76. The second-order valence-electron chi connectivity index (χ2n) is 6.14. The number of piperazine rings is 1. The number of carbonyl (C=O) groups excluding carboxylic acids is 3. The molecule has 0 saturated carbocycles. The molecule has 0 aliphatic carbocycles. The Morgan fingerprint density at radius 1 is 1.12 bits per heavy atom. The number of amides is 4. The number of fused-ring (bicyclic) bond motifs is 2. The minimum absolute atomic E-state index is 0.0966. The number of benzene rings is 2. The molecule has 7 heteroatoms. The average molecular weight is 339 g/mol. The van der Waals surface area contributed by atoms with E-state index in [1.807, 2.05) is 42.5 Å². The highest BCUT2D eigenvalue weighted by Crippen LogP contribution is 2.21. The fourth-order valence-electron chi connectivity index (χ4n) is 3.23. The Morgan fingerprint density at radius 2 is 1.92 bits per heavy atom. The highest BCUT2D eigenvalue weighted by Gasteiger charge is 2.42. The van der Waals surface area contributed by atoms with Crippen LogP contribution in [-0.2, 0) is 9.59 Å². The van der Waals surface area contributed by atoms with Crippen LogP contribution in [0.4, 0.5) is 4.79 Å². The molecule has 2 aromatic rings. The molecule has 4 rings (SSSR count). The lowest BCUT2D eigenvalue weighted by Crippen LogP contribution is -2.55. The van der Waals surface area contributed by atoms with Crippen LogP contribution in [-0.4, -0.2) is 59.9 Å². The van der Waals surface area contributed by atoms with Crippen LogP contribution in [0.2, 0.25) is 0 Å². The molecule has 0 spiro atoms. The molecule has 4 amide bonds. The van der Waals surface area contributed by atoms with Crippen molar-refractivity contribution >= 4 is 28.6 Å². The van der Waals surface area contributed by atoms with E-state index in [2.05, 4.69) is 5.32 Å². The minimum atomic E-state index is -0.592. The number of imide groups is 1. The smallest absolute Gasteiger partial charge is 0.324 e. The number of nitrogens with zero attached hydrogens (tertiary/aromatic N) is 2. The number of rotatable bonds is 3. The van der Waals surface area contributed by atoms with Crippen molar-refractivity contribution < 1.29 is 19.1 Å². The van der Waals surface area contributed by atoms with Crippen molar-refractivity contribution in [3.63, 3.8) is 0 Å². The van der Waals surface area contributed by atoms with Gasteiger partial charge in [-0.1, -0.05) is 30.3 Å². The highest BCUT2D eigenvalue weighted by atomic mass is 16.5. The lowest BCUT2D eigenvalue weighted by molar-refractivity contribution is -0.136. The summed E-state index contributed by atoms with van der Waals surface area (Å²) in [6.45, 7) is 0.860. The number of carbonyl (C=O) groups is 3. The molecule has 7 nitrogen and oxygen atoms in total. The highest BCUT2D eigenvalue weighted by molar-refractivity contribution is 6.04. The van der Waals surface area contributed by atoms with Crippen molar-refractivity contribution in [2.24, 2.45) is 0 Å². The zero-order chi connectivity index (χ0) is 17.4. The second kappa shape index (κ2) is 6.08. The number of hydrogen-bond donors (Lipinski definition) is 1. The fraction of sp³-hybridized carbons (Fsp3) is 0.278. The van der Waals surface area contributed by atoms with Crippen molar-refractivity contribution in [1.29, 1.82) is 0 Å². The van der Waals surface area contributed by atoms with Crippen LogP contribution in [0.1, 0.15) is 0 Å². The van der Waals surface area contributed by atoms with Gasteiger partial charge in [-0.2, -0.15) is 0 Å². The first-order valence-corrected chi connectivity index (χ1v) is 8.13. The van der Waals surface area contributed by atoms with Gasteiger partial charge in [0.1, 0.15) is 11.8 Å². The van der Waals surface area contributed by atoms with Crippen molar-refractivity contribution in [1.82, 2.24) is 15.1 Å². The van der Waals surface area contributed by atoms with E-state index < -0.39 is 6.04 Å². The molecule has 1 N–H and O–H groups in total. The quantitative estimate of drug-likeness (QED) is 0.846. The molecule has 2 heterocycles. The summed E-state index contributed by atoms with van der Waals surface area (Å²) >= 11 is 0. The number of nitrogens with one attached hydrogen (secondary N) is 1. The van der Waals surface area contributed by atoms with Gasteiger partial charge in [-0.25, -0.2) is 4.79 Å². The van der Waals surface area contributed by atoms with Gasteiger partial charge in [0, 0.05) is 13.1 Å². The molecule has 0 bridgehead atoms. The molecule has 128 valence electrons. The first-order chi connectivity index (χ1) is 12.1. The maximum Gasteiger partial charge on any atom is 0.324 e. The van der Waals surface area contributed by atoms with Crippen LogP contribution < -0.4 is 10.1 Å². The Morgan fingerprint density at radius 3 is 2.76 bits per heavy atom. The van der Waals surface area contributed by atoms with Crippen LogP contribution in [0.25, 0.3) is 10.8 Å². The molecule has 2 aliphatic heterocycles. The van der Waals surface area contributed by atoms with E-state index in [1.165, 1.54) is 4.90 Å². The summed E-state index contributed by atoms with van der Waals surface area (Å²) in [6, 6.07) is 12.6. The van der Waals surface area contributed by atoms with Crippen LogP contribution in [0.15, 0.2) is 42.5 Å². The Bertz CT molecular complexity index is 866. The predicted molar refractivity (Wildman–Crippen MR) is 90.1 cm³/mol. The van der Waals surface area contributed by atoms with Gasteiger partial charge < -0.3 is 14.5 Å². The van der Waals surface area contributed by atoms with Crippen molar-refractivity contribution in [2.45, 2.75) is 6.04 Å². The Balaban J connectivity index is 1.38. The topological polar surface area (TPSA) is 79.0 Å². The fourth-order valence-corrected chi connectivity index (χ4v) is 3.23. The van der Waals surface area contributed by atoms with Gasteiger partial charge in [-0.15, -0.1) is 0 Å². The van der Waals surface area contributed by atoms with Crippen molar-refractivity contribution in [3.8, 4) is 5.75 Å². The van der Waals surface area contributed by atoms with Crippen LogP contribution >= 0.6 is 0 Å². The van der Waals surface area contributed by atoms with E-state index in [4.69, 9.17) is 4.74 Å². The van der Waals surface area contributed by atoms with Gasteiger partial charge in [0.2, 0.25) is 0 Å². The number of ether oxygens (including phenoxy) is 1. The van der Waals surface area contributed by atoms with Gasteiger partial charge in [-0.3, -0.25) is 14.9 Å². The summed E-state index contributed by atoms with van der Waals surface area (Å²) < 4.78 is 5.62. The van der Waals surface area contributed by atoms with Crippen LogP contribution in [0.5, 0.6) is 5.75 Å². The predicted octanol–water partition coefficient (Wildman–Crippen LogP) is 0.981. The molecule has 2 aromatic carbocycles. The molecule has 25 heavy (non-hydrogen) atoms. The first-order valence-electron chi connectivity index (χ1n) is 8.13. The molecule has 1 atom stereocenters. The van der Waals surface area contributed by atoms with E-state index in [9.17, 15) is 14.4 Å². The maximum atomic E-state index is 12.4. The van der Waals surface area contributed by atoms with Gasteiger partial charge in [-0.05, 0) is 22.9 Å². The van der Waals surface area contributed by atoms with E-state index in [0.29, 0.717) is 18.8 Å². The molecular weight excluding hydrogens is 322 g/mol.